The molecule has 5 heterocycles. The van der Waals surface area contributed by atoms with Crippen LogP contribution in [0, 0.1) is 11.8 Å². The number of halogens is 6. The Morgan fingerprint density at radius 2 is 0.882 bits per heavy atom. The molecule has 0 aliphatic carbocycles. The highest BCUT2D eigenvalue weighted by atomic mass is 19.4. The van der Waals surface area contributed by atoms with E-state index in [-0.39, 0.29) is 23.4 Å². The molecule has 464 valence electrons. The lowest BCUT2D eigenvalue weighted by Gasteiger charge is -2.10. The van der Waals surface area contributed by atoms with Crippen LogP contribution in [0.3, 0.4) is 0 Å². The first-order chi connectivity index (χ1) is 39.6. The van der Waals surface area contributed by atoms with Crippen molar-refractivity contribution < 1.29 is 74.9 Å². The minimum atomic E-state index is -5.08. The Morgan fingerprint density at radius 3 is 1.26 bits per heavy atom. The Kier molecular flexibility index (Phi) is 24.7. The van der Waals surface area contributed by atoms with Gasteiger partial charge in [0, 0.05) is 81.5 Å². The summed E-state index contributed by atoms with van der Waals surface area (Å²) in [4.78, 5) is 106. The van der Waals surface area contributed by atoms with Crippen molar-refractivity contribution in [2.45, 2.75) is 78.8 Å². The highest BCUT2D eigenvalue weighted by Crippen LogP contribution is 2.25. The van der Waals surface area contributed by atoms with Gasteiger partial charge in [0.2, 0.25) is 0 Å². The van der Waals surface area contributed by atoms with Crippen LogP contribution in [0.2, 0.25) is 0 Å². The van der Waals surface area contributed by atoms with E-state index >= 15 is 0 Å². The van der Waals surface area contributed by atoms with Crippen molar-refractivity contribution in [1.29, 1.82) is 0 Å². The number of aromatic amines is 1. The normalized spacial score (nSPS) is 11.5. The number of anilines is 4. The van der Waals surface area contributed by atoms with Gasteiger partial charge in [0.25, 0.3) is 35.4 Å². The van der Waals surface area contributed by atoms with E-state index in [0.717, 1.165) is 38.8 Å². The quantitative estimate of drug-likeness (QED) is 0.0205. The first-order valence-electron chi connectivity index (χ1n) is 26.7. The minimum Gasteiger partial charge on any atom is -0.475 e. The lowest BCUT2D eigenvalue weighted by atomic mass is 10.1. The Hall–Kier alpha value is -8.86. The van der Waals surface area contributed by atoms with Crippen molar-refractivity contribution in [1.82, 2.24) is 43.7 Å². The number of benzene rings is 1. The van der Waals surface area contributed by atoms with Gasteiger partial charge in [-0.15, -0.1) is 0 Å². The lowest BCUT2D eigenvalue weighted by Crippen LogP contribution is -2.28. The Bertz CT molecular complexity index is 3130. The molecule has 0 unspecified atom stereocenters. The molecule has 0 aliphatic rings. The van der Waals surface area contributed by atoms with Crippen LogP contribution in [-0.4, -0.2) is 157 Å². The summed E-state index contributed by atoms with van der Waals surface area (Å²) in [7, 11) is 11.4. The van der Waals surface area contributed by atoms with Crippen LogP contribution in [0.25, 0.3) is 10.9 Å². The summed E-state index contributed by atoms with van der Waals surface area (Å²) < 4.78 is 70.4. The average molecular weight is 1200 g/mol. The topological polar surface area (TPSA) is 291 Å². The molecule has 6 amide bonds. The third-order valence-corrected chi connectivity index (χ3v) is 12.4. The number of hydrogen-bond acceptors (Lipinski definition) is 10. The summed E-state index contributed by atoms with van der Waals surface area (Å²) in [5.74, 6) is -6.89. The van der Waals surface area contributed by atoms with Gasteiger partial charge in [0.15, 0.2) is 0 Å². The van der Waals surface area contributed by atoms with Gasteiger partial charge in [-0.05, 0) is 127 Å². The van der Waals surface area contributed by atoms with Crippen molar-refractivity contribution in [3.8, 4) is 0 Å². The zero-order valence-electron chi connectivity index (χ0n) is 48.8. The number of fused-ring (bicyclic) bond motifs is 1. The van der Waals surface area contributed by atoms with Gasteiger partial charge < -0.3 is 75.2 Å². The summed E-state index contributed by atoms with van der Waals surface area (Å²) in [6.07, 6.45) is -0.122. The number of alkyl halides is 6. The number of nitrogens with one attached hydrogen (secondary N) is 7. The van der Waals surface area contributed by atoms with Crippen molar-refractivity contribution in [2.24, 2.45) is 25.9 Å². The lowest BCUT2D eigenvalue weighted by molar-refractivity contribution is -0.193. The number of carbonyl (C=O) groups excluding carboxylic acids is 6. The van der Waals surface area contributed by atoms with Crippen molar-refractivity contribution in [3.05, 3.63) is 107 Å². The number of aliphatic carboxylic acids is 2. The van der Waals surface area contributed by atoms with Crippen LogP contribution in [0.5, 0.6) is 0 Å². The first kappa shape index (κ1) is 68.6. The van der Waals surface area contributed by atoms with Gasteiger partial charge in [0.1, 0.15) is 28.5 Å². The van der Waals surface area contributed by atoms with Crippen LogP contribution >= 0.6 is 0 Å². The molecule has 0 radical (unpaired) electrons. The second kappa shape index (κ2) is 30.6. The number of rotatable bonds is 24. The van der Waals surface area contributed by atoms with Gasteiger partial charge in [0.05, 0.1) is 22.7 Å². The van der Waals surface area contributed by atoms with Gasteiger partial charge in [-0.1, -0.05) is 27.7 Å². The van der Waals surface area contributed by atoms with E-state index < -0.39 is 42.0 Å². The molecule has 5 aromatic heterocycles. The number of hydrogen-bond donors (Lipinski definition) is 9. The number of carbonyl (C=O) groups is 8. The van der Waals surface area contributed by atoms with Crippen LogP contribution in [0.15, 0.2) is 73.3 Å². The SMILES string of the molecule is CC(C)CCn1cc(NC(=O)c2ccc3[nH]c(C(=O)Nc4cc(C(=O)Nc5cc(C(=O)NCCCN(C)C)n(C)c5)n(CCC(C)C)c4)cc3c2)cc1C(=O)Nc1cc(C(=O)NCCCN(C)C)n(C)c1.O=C(O)C(F)(F)F.O=C(O)C(F)(F)F. The van der Waals surface area contributed by atoms with Crippen molar-refractivity contribution >= 4 is 81.0 Å². The van der Waals surface area contributed by atoms with Crippen LogP contribution in [0.1, 0.15) is 116 Å². The van der Waals surface area contributed by atoms with Gasteiger partial charge >= 0.3 is 24.3 Å². The second-order valence-corrected chi connectivity index (χ2v) is 21.2. The molecule has 0 aliphatic heterocycles. The van der Waals surface area contributed by atoms with E-state index in [0.29, 0.717) is 100 Å². The van der Waals surface area contributed by atoms with Crippen LogP contribution in [0.4, 0.5) is 49.1 Å². The molecule has 6 rings (SSSR count). The Labute approximate surface area is 486 Å². The molecule has 0 saturated carbocycles. The van der Waals surface area contributed by atoms with Crippen LogP contribution < -0.4 is 31.9 Å². The Morgan fingerprint density at radius 1 is 0.518 bits per heavy atom. The van der Waals surface area contributed by atoms with E-state index in [1.165, 1.54) is 0 Å². The van der Waals surface area contributed by atoms with E-state index in [1.807, 2.05) is 37.3 Å². The maximum absolute atomic E-state index is 13.7. The number of H-pyrrole nitrogens is 1. The van der Waals surface area contributed by atoms with E-state index in [9.17, 15) is 55.1 Å². The zero-order valence-corrected chi connectivity index (χ0v) is 48.8. The molecule has 0 fully saturated rings. The summed E-state index contributed by atoms with van der Waals surface area (Å²) in [6.45, 7) is 12.2. The van der Waals surface area contributed by atoms with E-state index in [1.54, 1.807) is 96.5 Å². The van der Waals surface area contributed by atoms with Gasteiger partial charge in [-0.25, -0.2) is 9.59 Å². The average Bonchev–Trinajstić information content (AvgIpc) is 3.52. The number of amides is 6. The predicted molar refractivity (Wildman–Crippen MR) is 307 cm³/mol. The minimum absolute atomic E-state index is 0.232. The largest absolute Gasteiger partial charge is 0.490 e. The fraction of sp³-hybridized carbons (Fsp3) is 0.429. The van der Waals surface area contributed by atoms with Gasteiger partial charge in [-0.2, -0.15) is 26.3 Å². The molecule has 6 aromatic rings. The fourth-order valence-electron chi connectivity index (χ4n) is 7.98. The molecule has 0 spiro atoms. The standard InChI is InChI=1S/C52H71N13O6.2C2HF3O2/c1-33(2)15-21-64-31-39(27-45(64)51(70)57-37-25-43(62(9)29-37)49(68)53-17-11-19-60(5)6)55-47(66)35-13-14-41-36(23-35)24-42(59-41)48(67)56-40-28-46(65(32-40)22-16-34(3)4)52(71)58-38-26-44(63(10)30-38)50(69)54-18-12-20-61(7)8;2*3-2(4,5)1(6)7/h13-14,23-34,59H,11-12,15-22H2,1-10H3,(H,53,68)(H,54,69)(H,55,66)(H,56,67)(H,57,70)(H,58,71);2*(H,6,7). The van der Waals surface area contributed by atoms with Crippen molar-refractivity contribution in [3.63, 3.8) is 0 Å². The van der Waals surface area contributed by atoms with E-state index in [2.05, 4.69) is 74.4 Å². The summed E-state index contributed by atoms with van der Waals surface area (Å²) in [5, 5.41) is 32.4. The van der Waals surface area contributed by atoms with Crippen molar-refractivity contribution in [2.75, 3.05) is 75.6 Å². The number of nitrogens with zero attached hydrogens (tertiary/aromatic N) is 6. The number of aryl methyl sites for hydroxylation is 4. The zero-order chi connectivity index (χ0) is 63.7. The maximum Gasteiger partial charge on any atom is 0.490 e. The monoisotopic (exact) mass is 1200 g/mol. The van der Waals surface area contributed by atoms with Crippen LogP contribution in [-0.2, 0) is 36.8 Å². The second-order valence-electron chi connectivity index (χ2n) is 21.2. The highest BCUT2D eigenvalue weighted by molar-refractivity contribution is 6.11. The highest BCUT2D eigenvalue weighted by Gasteiger charge is 2.39. The molecule has 0 atom stereocenters. The molecule has 9 N–H and O–H groups in total. The molecule has 0 bridgehead atoms. The Balaban J connectivity index is 0.000000983. The number of carboxylic acid groups (broad SMARTS) is 2. The predicted octanol–water partition coefficient (Wildman–Crippen LogP) is 8.18. The molecule has 29 heteroatoms. The molecule has 1 aromatic carbocycles. The number of aromatic nitrogens is 5. The van der Waals surface area contributed by atoms with Gasteiger partial charge in [-0.3, -0.25) is 28.8 Å². The molecule has 85 heavy (non-hydrogen) atoms. The molecular weight excluding hydrogens is 1130 g/mol. The molecule has 23 nitrogen and oxygen atoms in total. The summed E-state index contributed by atoms with van der Waals surface area (Å²) >= 11 is 0. The molecular formula is C56H73F6N13O10. The summed E-state index contributed by atoms with van der Waals surface area (Å²) in [5.41, 5.74) is 4.51. The summed E-state index contributed by atoms with van der Waals surface area (Å²) in [6, 6.07) is 13.2. The maximum atomic E-state index is 13.7. The van der Waals surface area contributed by atoms with E-state index in [4.69, 9.17) is 19.8 Å². The third kappa shape index (κ3) is 21.7. The fourth-order valence-corrected chi connectivity index (χ4v) is 7.98. The first-order valence-corrected chi connectivity index (χ1v) is 26.7. The number of carboxylic acids is 2. The smallest absolute Gasteiger partial charge is 0.475 e. The molecule has 0 saturated heterocycles. The third-order valence-electron chi connectivity index (χ3n) is 12.4.